The van der Waals surface area contributed by atoms with E-state index >= 15 is 0 Å². The average molecular weight is 273 g/mol. The SMILES string of the molecule is CC1CCCCC1(CN)n1cncc1-c1cnn(C)c1. The van der Waals surface area contributed by atoms with Crippen LogP contribution in [0.2, 0.25) is 0 Å². The summed E-state index contributed by atoms with van der Waals surface area (Å²) in [4.78, 5) is 4.38. The summed E-state index contributed by atoms with van der Waals surface area (Å²) in [6.07, 6.45) is 12.7. The lowest BCUT2D eigenvalue weighted by atomic mass is 9.73. The van der Waals surface area contributed by atoms with Gasteiger partial charge in [-0.1, -0.05) is 19.8 Å². The summed E-state index contributed by atoms with van der Waals surface area (Å²) in [6.45, 7) is 2.98. The average Bonchev–Trinajstić information content (AvgIpc) is 3.08. The van der Waals surface area contributed by atoms with E-state index in [0.717, 1.165) is 17.7 Å². The first-order valence-corrected chi connectivity index (χ1v) is 7.39. The van der Waals surface area contributed by atoms with Crippen LogP contribution in [0.1, 0.15) is 32.6 Å². The van der Waals surface area contributed by atoms with Gasteiger partial charge >= 0.3 is 0 Å². The summed E-state index contributed by atoms with van der Waals surface area (Å²) >= 11 is 0. The molecule has 0 aliphatic heterocycles. The Kier molecular flexibility index (Phi) is 3.38. The Morgan fingerprint density at radius 3 is 2.90 bits per heavy atom. The number of hydrogen-bond acceptors (Lipinski definition) is 3. The number of nitrogens with zero attached hydrogens (tertiary/aromatic N) is 4. The molecule has 108 valence electrons. The number of aromatic nitrogens is 4. The van der Waals surface area contributed by atoms with Gasteiger partial charge in [-0.3, -0.25) is 4.68 Å². The molecule has 1 saturated carbocycles. The summed E-state index contributed by atoms with van der Waals surface area (Å²) in [7, 11) is 1.94. The highest BCUT2D eigenvalue weighted by molar-refractivity contribution is 5.57. The van der Waals surface area contributed by atoms with Gasteiger partial charge in [-0.05, 0) is 18.8 Å². The van der Waals surface area contributed by atoms with Gasteiger partial charge in [0.15, 0.2) is 0 Å². The second-order valence-electron chi connectivity index (χ2n) is 6.01. The van der Waals surface area contributed by atoms with Crippen LogP contribution in [-0.2, 0) is 12.6 Å². The zero-order valence-corrected chi connectivity index (χ0v) is 12.3. The quantitative estimate of drug-likeness (QED) is 0.932. The van der Waals surface area contributed by atoms with Crippen LogP contribution >= 0.6 is 0 Å². The van der Waals surface area contributed by atoms with Crippen molar-refractivity contribution in [1.82, 2.24) is 19.3 Å². The van der Waals surface area contributed by atoms with Crippen LogP contribution in [0.3, 0.4) is 0 Å². The molecule has 0 amide bonds. The maximum atomic E-state index is 6.20. The van der Waals surface area contributed by atoms with Crippen LogP contribution < -0.4 is 5.73 Å². The van der Waals surface area contributed by atoms with Crippen molar-refractivity contribution < 1.29 is 0 Å². The lowest BCUT2D eigenvalue weighted by Crippen LogP contribution is -2.48. The lowest BCUT2D eigenvalue weighted by Gasteiger charge is -2.44. The van der Waals surface area contributed by atoms with E-state index in [4.69, 9.17) is 5.73 Å². The molecule has 1 aliphatic rings. The number of aryl methyl sites for hydroxylation is 1. The van der Waals surface area contributed by atoms with Crippen LogP contribution in [-0.4, -0.2) is 25.9 Å². The molecule has 2 aromatic heterocycles. The van der Waals surface area contributed by atoms with E-state index in [0.29, 0.717) is 12.5 Å². The molecule has 1 fully saturated rings. The Morgan fingerprint density at radius 2 is 2.25 bits per heavy atom. The van der Waals surface area contributed by atoms with Crippen molar-refractivity contribution in [2.75, 3.05) is 6.54 Å². The van der Waals surface area contributed by atoms with Gasteiger partial charge in [0.1, 0.15) is 0 Å². The van der Waals surface area contributed by atoms with Gasteiger partial charge in [-0.2, -0.15) is 5.10 Å². The number of imidazole rings is 1. The van der Waals surface area contributed by atoms with E-state index in [1.165, 1.54) is 19.3 Å². The molecule has 0 spiro atoms. The van der Waals surface area contributed by atoms with Gasteiger partial charge in [-0.25, -0.2) is 4.98 Å². The summed E-state index contributed by atoms with van der Waals surface area (Å²) < 4.78 is 4.12. The van der Waals surface area contributed by atoms with E-state index in [9.17, 15) is 0 Å². The maximum absolute atomic E-state index is 6.20. The first-order chi connectivity index (χ1) is 9.67. The van der Waals surface area contributed by atoms with Crippen LogP contribution in [0.5, 0.6) is 0 Å². The van der Waals surface area contributed by atoms with Gasteiger partial charge in [0.05, 0.1) is 30.0 Å². The summed E-state index contributed by atoms with van der Waals surface area (Å²) in [5.74, 6) is 0.575. The fourth-order valence-electron chi connectivity index (χ4n) is 3.57. The zero-order chi connectivity index (χ0) is 14.2. The molecule has 2 N–H and O–H groups in total. The molecular weight excluding hydrogens is 250 g/mol. The van der Waals surface area contributed by atoms with Gasteiger partial charge in [0, 0.05) is 25.4 Å². The molecule has 1 aliphatic carbocycles. The second kappa shape index (κ2) is 5.05. The predicted octanol–water partition coefficient (Wildman–Crippen LogP) is 2.15. The van der Waals surface area contributed by atoms with Gasteiger partial charge < -0.3 is 10.3 Å². The topological polar surface area (TPSA) is 61.7 Å². The third-order valence-electron chi connectivity index (χ3n) is 4.89. The number of hydrogen-bond donors (Lipinski definition) is 1. The molecule has 2 aromatic rings. The molecule has 2 atom stereocenters. The standard InChI is InChI=1S/C15H23N5/c1-12-5-3-4-6-15(12,10-16)20-11-17-8-14(20)13-7-18-19(2)9-13/h7-9,11-12H,3-6,10,16H2,1-2H3. The van der Waals surface area contributed by atoms with Crippen molar-refractivity contribution in [3.05, 3.63) is 24.9 Å². The zero-order valence-electron chi connectivity index (χ0n) is 12.3. The van der Waals surface area contributed by atoms with E-state index in [-0.39, 0.29) is 5.54 Å². The molecule has 0 saturated heterocycles. The molecule has 2 unspecified atom stereocenters. The molecule has 20 heavy (non-hydrogen) atoms. The minimum absolute atomic E-state index is 0.0000746. The predicted molar refractivity (Wildman–Crippen MR) is 79.1 cm³/mol. The van der Waals surface area contributed by atoms with E-state index in [1.54, 1.807) is 0 Å². The fraction of sp³-hybridized carbons (Fsp3) is 0.600. The smallest absolute Gasteiger partial charge is 0.0956 e. The Bertz CT molecular complexity index is 585. The van der Waals surface area contributed by atoms with Crippen molar-refractivity contribution in [3.63, 3.8) is 0 Å². The van der Waals surface area contributed by atoms with Gasteiger partial charge in [0.25, 0.3) is 0 Å². The van der Waals surface area contributed by atoms with E-state index < -0.39 is 0 Å². The lowest BCUT2D eigenvalue weighted by molar-refractivity contribution is 0.127. The highest BCUT2D eigenvalue weighted by Gasteiger charge is 2.39. The Labute approximate surface area is 119 Å². The first-order valence-electron chi connectivity index (χ1n) is 7.39. The normalized spacial score (nSPS) is 26.9. The van der Waals surface area contributed by atoms with Gasteiger partial charge in [0.2, 0.25) is 0 Å². The number of rotatable bonds is 3. The summed E-state index contributed by atoms with van der Waals surface area (Å²) in [5.41, 5.74) is 8.43. The molecule has 5 nitrogen and oxygen atoms in total. The van der Waals surface area contributed by atoms with Crippen molar-refractivity contribution in [2.45, 2.75) is 38.1 Å². The Hall–Kier alpha value is -1.62. The molecular formula is C15H23N5. The fourth-order valence-corrected chi connectivity index (χ4v) is 3.57. The molecule has 0 radical (unpaired) electrons. The highest BCUT2D eigenvalue weighted by Crippen LogP contribution is 2.41. The van der Waals surface area contributed by atoms with Crippen LogP contribution in [0.25, 0.3) is 11.3 Å². The van der Waals surface area contributed by atoms with Crippen molar-refractivity contribution in [1.29, 1.82) is 0 Å². The van der Waals surface area contributed by atoms with Crippen LogP contribution in [0, 0.1) is 5.92 Å². The molecule has 3 rings (SSSR count). The van der Waals surface area contributed by atoms with Crippen molar-refractivity contribution in [2.24, 2.45) is 18.7 Å². The van der Waals surface area contributed by atoms with Crippen LogP contribution in [0.4, 0.5) is 0 Å². The monoisotopic (exact) mass is 273 g/mol. The van der Waals surface area contributed by atoms with E-state index in [1.807, 2.05) is 36.6 Å². The van der Waals surface area contributed by atoms with Gasteiger partial charge in [-0.15, -0.1) is 0 Å². The molecule has 2 heterocycles. The minimum Gasteiger partial charge on any atom is -0.328 e. The largest absolute Gasteiger partial charge is 0.328 e. The summed E-state index contributed by atoms with van der Waals surface area (Å²) in [5, 5.41) is 4.27. The maximum Gasteiger partial charge on any atom is 0.0956 e. The highest BCUT2D eigenvalue weighted by atomic mass is 15.2. The molecule has 0 bridgehead atoms. The molecule has 0 aromatic carbocycles. The van der Waals surface area contributed by atoms with Crippen molar-refractivity contribution in [3.8, 4) is 11.3 Å². The third-order valence-corrected chi connectivity index (χ3v) is 4.89. The van der Waals surface area contributed by atoms with Crippen LogP contribution in [0.15, 0.2) is 24.9 Å². The Balaban J connectivity index is 2.07. The summed E-state index contributed by atoms with van der Waals surface area (Å²) in [6, 6.07) is 0. The van der Waals surface area contributed by atoms with Crippen molar-refractivity contribution >= 4 is 0 Å². The first kappa shape index (κ1) is 13.4. The number of nitrogens with two attached hydrogens (primary N) is 1. The minimum atomic E-state index is -0.0000746. The Morgan fingerprint density at radius 1 is 1.40 bits per heavy atom. The van der Waals surface area contributed by atoms with E-state index in [2.05, 4.69) is 21.6 Å². The third kappa shape index (κ3) is 1.97. The molecule has 5 heteroatoms. The second-order valence-corrected chi connectivity index (χ2v) is 6.01.